The first-order valence-corrected chi connectivity index (χ1v) is 8.12. The summed E-state index contributed by atoms with van der Waals surface area (Å²) in [4.78, 5) is -3.26. The first-order valence-electron chi connectivity index (χ1n) is 8.12. The molecule has 33 heavy (non-hydrogen) atoms. The number of rotatable bonds is 5. The summed E-state index contributed by atoms with van der Waals surface area (Å²) >= 11 is 0. The minimum absolute atomic E-state index is 1.65. The van der Waals surface area contributed by atoms with Crippen LogP contribution in [0.3, 0.4) is 0 Å². The standard InChI is InChI=1S/C13H8F17NO2/c14-5(9(20,21)22)7(16,17)3-1-2-4(32-3)8(18,19)6(15)31-10(23,24)12(27,28)33-13(29,30)11(31,25)26/h3-6H,1-2H2. The van der Waals surface area contributed by atoms with E-state index in [9.17, 15) is 74.6 Å². The minimum atomic E-state index is -6.90. The Bertz CT molecular complexity index is 711. The molecule has 2 saturated heterocycles. The van der Waals surface area contributed by atoms with Gasteiger partial charge in [-0.1, -0.05) is 0 Å². The highest BCUT2D eigenvalue weighted by Gasteiger charge is 2.86. The third-order valence-electron chi connectivity index (χ3n) is 4.61. The number of hydrogen-bond donors (Lipinski definition) is 0. The van der Waals surface area contributed by atoms with Gasteiger partial charge in [0.05, 0.1) is 0 Å². The summed E-state index contributed by atoms with van der Waals surface area (Å²) in [6.45, 7) is 0. The molecular formula is C13H8F17NO2. The summed E-state index contributed by atoms with van der Waals surface area (Å²) in [5.41, 5.74) is 0. The Hall–Kier alpha value is -1.31. The first kappa shape index (κ1) is 27.9. The molecule has 0 bridgehead atoms. The summed E-state index contributed by atoms with van der Waals surface area (Å²) in [5, 5.41) is 0. The fourth-order valence-electron chi connectivity index (χ4n) is 2.94. The van der Waals surface area contributed by atoms with Crippen molar-refractivity contribution in [1.82, 2.24) is 4.90 Å². The molecule has 2 rings (SSSR count). The molecule has 0 saturated carbocycles. The van der Waals surface area contributed by atoms with Crippen LogP contribution >= 0.6 is 0 Å². The normalized spacial score (nSPS) is 31.9. The molecule has 196 valence electrons. The van der Waals surface area contributed by atoms with Gasteiger partial charge in [0.2, 0.25) is 6.30 Å². The van der Waals surface area contributed by atoms with E-state index in [2.05, 4.69) is 4.74 Å². The van der Waals surface area contributed by atoms with Gasteiger partial charge in [0.25, 0.3) is 6.17 Å². The molecule has 20 heteroatoms. The Morgan fingerprint density at radius 2 is 1.03 bits per heavy atom. The Morgan fingerprint density at radius 3 is 1.39 bits per heavy atom. The summed E-state index contributed by atoms with van der Waals surface area (Å²) < 4.78 is 231. The third kappa shape index (κ3) is 4.19. The molecule has 2 aliphatic heterocycles. The highest BCUT2D eigenvalue weighted by atomic mass is 19.4. The number of ether oxygens (including phenoxy) is 2. The smallest absolute Gasteiger partial charge is 0.362 e. The summed E-state index contributed by atoms with van der Waals surface area (Å²) in [7, 11) is 0. The lowest BCUT2D eigenvalue weighted by molar-refractivity contribution is -0.575. The molecule has 2 heterocycles. The van der Waals surface area contributed by atoms with Crippen LogP contribution in [0.25, 0.3) is 0 Å². The van der Waals surface area contributed by atoms with E-state index >= 15 is 0 Å². The van der Waals surface area contributed by atoms with Gasteiger partial charge in [0.15, 0.2) is 0 Å². The highest BCUT2D eigenvalue weighted by molar-refractivity contribution is 5.02. The van der Waals surface area contributed by atoms with Crippen LogP contribution in [0.15, 0.2) is 0 Å². The van der Waals surface area contributed by atoms with Gasteiger partial charge in [0, 0.05) is 0 Å². The van der Waals surface area contributed by atoms with Crippen molar-refractivity contribution in [3.63, 3.8) is 0 Å². The highest BCUT2D eigenvalue weighted by Crippen LogP contribution is 2.58. The van der Waals surface area contributed by atoms with Crippen molar-refractivity contribution in [2.45, 2.75) is 79.8 Å². The van der Waals surface area contributed by atoms with Crippen molar-refractivity contribution in [3.05, 3.63) is 0 Å². The molecule has 4 atom stereocenters. The Morgan fingerprint density at radius 1 is 0.667 bits per heavy atom. The average Bonchev–Trinajstić information content (AvgIpc) is 3.09. The lowest BCUT2D eigenvalue weighted by atomic mass is 10.0. The van der Waals surface area contributed by atoms with E-state index in [1.807, 2.05) is 4.74 Å². The Kier molecular flexibility index (Phi) is 6.43. The lowest BCUT2D eigenvalue weighted by Crippen LogP contribution is -2.77. The summed E-state index contributed by atoms with van der Waals surface area (Å²) in [6, 6.07) is -13.8. The molecule has 2 fully saturated rings. The minimum Gasteiger partial charge on any atom is -0.362 e. The maximum atomic E-state index is 14.2. The first-order chi connectivity index (χ1) is 14.3. The Labute approximate surface area is 170 Å². The lowest BCUT2D eigenvalue weighted by Gasteiger charge is -2.49. The molecule has 0 aromatic rings. The molecule has 0 amide bonds. The van der Waals surface area contributed by atoms with Crippen molar-refractivity contribution in [2.24, 2.45) is 0 Å². The van der Waals surface area contributed by atoms with Crippen molar-refractivity contribution in [2.75, 3.05) is 0 Å². The zero-order chi connectivity index (χ0) is 26.2. The van der Waals surface area contributed by atoms with Crippen LogP contribution in [0.1, 0.15) is 12.8 Å². The van der Waals surface area contributed by atoms with Crippen LogP contribution in [0.2, 0.25) is 0 Å². The van der Waals surface area contributed by atoms with Crippen molar-refractivity contribution in [1.29, 1.82) is 0 Å². The van der Waals surface area contributed by atoms with Gasteiger partial charge in [-0.2, -0.15) is 57.1 Å². The van der Waals surface area contributed by atoms with Crippen LogP contribution in [-0.4, -0.2) is 71.9 Å². The summed E-state index contributed by atoms with van der Waals surface area (Å²) in [5.74, 6) is -11.7. The maximum Gasteiger partial charge on any atom is 0.439 e. The second-order valence-corrected chi connectivity index (χ2v) is 6.87. The molecular weight excluding hydrogens is 525 g/mol. The van der Waals surface area contributed by atoms with Crippen LogP contribution in [0.4, 0.5) is 74.6 Å². The predicted octanol–water partition coefficient (Wildman–Crippen LogP) is 5.70. The third-order valence-corrected chi connectivity index (χ3v) is 4.61. The van der Waals surface area contributed by atoms with Gasteiger partial charge in [-0.15, -0.1) is 4.90 Å². The average molecular weight is 533 g/mol. The molecule has 0 spiro atoms. The van der Waals surface area contributed by atoms with E-state index in [0.717, 1.165) is 0 Å². The second-order valence-electron chi connectivity index (χ2n) is 6.87. The summed E-state index contributed by atoms with van der Waals surface area (Å²) in [6.07, 6.45) is -40.7. The van der Waals surface area contributed by atoms with Crippen molar-refractivity contribution >= 4 is 0 Å². The van der Waals surface area contributed by atoms with Gasteiger partial charge in [-0.05, 0) is 12.8 Å². The van der Waals surface area contributed by atoms with E-state index in [4.69, 9.17) is 0 Å². The SMILES string of the molecule is FC(N1C(F)(F)C(F)(F)OC(F)(F)C1(F)F)C(F)(F)C1CCC(C(F)(F)C(F)C(F)(F)F)O1. The van der Waals surface area contributed by atoms with Gasteiger partial charge in [-0.3, -0.25) is 0 Å². The molecule has 0 N–H and O–H groups in total. The number of halogens is 17. The predicted molar refractivity (Wildman–Crippen MR) is 66.3 cm³/mol. The van der Waals surface area contributed by atoms with Gasteiger partial charge < -0.3 is 4.74 Å². The molecule has 0 aliphatic carbocycles. The van der Waals surface area contributed by atoms with Gasteiger partial charge in [-0.25, -0.2) is 22.3 Å². The van der Waals surface area contributed by atoms with Crippen LogP contribution in [0.5, 0.6) is 0 Å². The van der Waals surface area contributed by atoms with Gasteiger partial charge >= 0.3 is 42.3 Å². The number of morpholine rings is 1. The van der Waals surface area contributed by atoms with Crippen LogP contribution in [0, 0.1) is 0 Å². The monoisotopic (exact) mass is 533 g/mol. The number of nitrogens with zero attached hydrogens (tertiary/aromatic N) is 1. The molecule has 4 unspecified atom stereocenters. The quantitative estimate of drug-likeness (QED) is 0.335. The fourth-order valence-corrected chi connectivity index (χ4v) is 2.94. The van der Waals surface area contributed by atoms with Crippen molar-refractivity contribution < 1.29 is 84.1 Å². The van der Waals surface area contributed by atoms with E-state index in [1.165, 1.54) is 0 Å². The molecule has 0 aromatic carbocycles. The molecule has 2 aliphatic rings. The second kappa shape index (κ2) is 7.59. The van der Waals surface area contributed by atoms with Gasteiger partial charge in [0.1, 0.15) is 12.2 Å². The zero-order valence-electron chi connectivity index (χ0n) is 14.9. The van der Waals surface area contributed by atoms with E-state index < -0.39 is 84.7 Å². The topological polar surface area (TPSA) is 21.7 Å². The molecule has 3 nitrogen and oxygen atoms in total. The van der Waals surface area contributed by atoms with Crippen molar-refractivity contribution in [3.8, 4) is 0 Å². The van der Waals surface area contributed by atoms with Crippen LogP contribution in [-0.2, 0) is 9.47 Å². The van der Waals surface area contributed by atoms with E-state index in [1.54, 1.807) is 0 Å². The van der Waals surface area contributed by atoms with Crippen LogP contribution < -0.4 is 0 Å². The maximum absolute atomic E-state index is 14.2. The molecule has 0 radical (unpaired) electrons. The Balaban J connectivity index is 2.38. The van der Waals surface area contributed by atoms with E-state index in [-0.39, 0.29) is 0 Å². The molecule has 0 aromatic heterocycles. The number of hydrogen-bond acceptors (Lipinski definition) is 3. The largest absolute Gasteiger partial charge is 0.439 e. The zero-order valence-corrected chi connectivity index (χ0v) is 14.9. The fraction of sp³-hybridized carbons (Fsp3) is 1.00. The van der Waals surface area contributed by atoms with E-state index in [0.29, 0.717) is 0 Å². The number of alkyl halides is 17.